The highest BCUT2D eigenvalue weighted by Crippen LogP contribution is 2.34. The Hall–Kier alpha value is -0.960. The average molecular weight is 209 g/mol. The van der Waals surface area contributed by atoms with Gasteiger partial charge in [-0.1, -0.05) is 0 Å². The second-order valence-electron chi connectivity index (χ2n) is 4.24. The zero-order chi connectivity index (χ0) is 10.8. The van der Waals surface area contributed by atoms with Gasteiger partial charge in [-0.05, 0) is 25.6 Å². The lowest BCUT2D eigenvalue weighted by molar-refractivity contribution is 0.173. The third kappa shape index (κ3) is 2.02. The summed E-state index contributed by atoms with van der Waals surface area (Å²) in [5.41, 5.74) is 1.48. The standard InChI is InChI=1S/C12H19NO2/c1-4-15-12-6-10-8-13(2)7-9(10)5-11(12)14-3/h5,10H,4,6-8H2,1-3H3. The van der Waals surface area contributed by atoms with Gasteiger partial charge in [-0.15, -0.1) is 0 Å². The molecule has 84 valence electrons. The van der Waals surface area contributed by atoms with Gasteiger partial charge in [0.2, 0.25) is 0 Å². The molecule has 1 heterocycles. The molecule has 2 rings (SSSR count). The highest BCUT2D eigenvalue weighted by Gasteiger charge is 2.31. The first-order valence-corrected chi connectivity index (χ1v) is 5.53. The largest absolute Gasteiger partial charge is 0.494 e. The quantitative estimate of drug-likeness (QED) is 0.707. The first kappa shape index (κ1) is 10.6. The molecule has 0 aromatic heterocycles. The van der Waals surface area contributed by atoms with Crippen LogP contribution in [0.4, 0.5) is 0 Å². The molecule has 0 spiro atoms. The Morgan fingerprint density at radius 1 is 1.53 bits per heavy atom. The number of fused-ring (bicyclic) bond motifs is 1. The SMILES string of the molecule is CCOC1=C(OC)C=C2CN(C)CC2C1. The number of methoxy groups -OCH3 is 1. The van der Waals surface area contributed by atoms with Crippen molar-refractivity contribution in [2.45, 2.75) is 13.3 Å². The molecule has 1 aliphatic carbocycles. The van der Waals surface area contributed by atoms with E-state index < -0.39 is 0 Å². The van der Waals surface area contributed by atoms with Gasteiger partial charge >= 0.3 is 0 Å². The second-order valence-corrected chi connectivity index (χ2v) is 4.24. The lowest BCUT2D eigenvalue weighted by Crippen LogP contribution is -2.15. The van der Waals surface area contributed by atoms with Gasteiger partial charge in [0.05, 0.1) is 13.7 Å². The molecule has 3 nitrogen and oxygen atoms in total. The summed E-state index contributed by atoms with van der Waals surface area (Å²) in [6.07, 6.45) is 3.15. The summed E-state index contributed by atoms with van der Waals surface area (Å²) in [6, 6.07) is 0. The summed E-state index contributed by atoms with van der Waals surface area (Å²) in [5.74, 6) is 2.57. The summed E-state index contributed by atoms with van der Waals surface area (Å²) in [4.78, 5) is 2.35. The molecule has 0 saturated carbocycles. The van der Waals surface area contributed by atoms with Crippen LogP contribution in [0.5, 0.6) is 0 Å². The van der Waals surface area contributed by atoms with E-state index in [1.807, 2.05) is 6.92 Å². The highest BCUT2D eigenvalue weighted by molar-refractivity contribution is 5.32. The van der Waals surface area contributed by atoms with Gasteiger partial charge in [-0.2, -0.15) is 0 Å². The number of nitrogens with zero attached hydrogens (tertiary/aromatic N) is 1. The highest BCUT2D eigenvalue weighted by atomic mass is 16.5. The molecule has 0 radical (unpaired) electrons. The molecule has 1 atom stereocenters. The molecule has 2 aliphatic rings. The van der Waals surface area contributed by atoms with E-state index in [2.05, 4.69) is 18.0 Å². The van der Waals surface area contributed by atoms with Crippen molar-refractivity contribution in [3.63, 3.8) is 0 Å². The monoisotopic (exact) mass is 209 g/mol. The van der Waals surface area contributed by atoms with E-state index in [-0.39, 0.29) is 0 Å². The Labute approximate surface area is 91.3 Å². The first-order chi connectivity index (χ1) is 7.24. The lowest BCUT2D eigenvalue weighted by atomic mass is 9.92. The molecule has 3 heteroatoms. The van der Waals surface area contributed by atoms with Crippen LogP contribution in [0.2, 0.25) is 0 Å². The number of hydrogen-bond acceptors (Lipinski definition) is 3. The number of likely N-dealkylation sites (N-methyl/N-ethyl adjacent to an activating group) is 1. The van der Waals surface area contributed by atoms with Crippen molar-refractivity contribution >= 4 is 0 Å². The van der Waals surface area contributed by atoms with Gasteiger partial charge in [0.1, 0.15) is 5.76 Å². The minimum absolute atomic E-state index is 0.635. The van der Waals surface area contributed by atoms with Crippen molar-refractivity contribution < 1.29 is 9.47 Å². The van der Waals surface area contributed by atoms with Crippen LogP contribution in [0.15, 0.2) is 23.2 Å². The minimum Gasteiger partial charge on any atom is -0.494 e. The number of allylic oxidation sites excluding steroid dienone is 2. The summed E-state index contributed by atoms with van der Waals surface area (Å²) < 4.78 is 11.0. The molecule has 0 N–H and O–H groups in total. The normalized spacial score (nSPS) is 26.3. The molecule has 0 aromatic carbocycles. The third-order valence-electron chi connectivity index (χ3n) is 3.07. The molecule has 0 amide bonds. The summed E-state index contributed by atoms with van der Waals surface area (Å²) in [7, 11) is 3.87. The minimum atomic E-state index is 0.635. The van der Waals surface area contributed by atoms with Gasteiger partial charge in [-0.25, -0.2) is 0 Å². The molecule has 15 heavy (non-hydrogen) atoms. The van der Waals surface area contributed by atoms with Crippen molar-refractivity contribution in [3.05, 3.63) is 23.2 Å². The molecule has 1 fully saturated rings. The smallest absolute Gasteiger partial charge is 0.156 e. The maximum atomic E-state index is 5.62. The van der Waals surface area contributed by atoms with Gasteiger partial charge < -0.3 is 14.4 Å². The van der Waals surface area contributed by atoms with Crippen LogP contribution in [-0.4, -0.2) is 38.8 Å². The van der Waals surface area contributed by atoms with Crippen LogP contribution in [-0.2, 0) is 9.47 Å². The molecule has 0 bridgehead atoms. The topological polar surface area (TPSA) is 21.7 Å². The Balaban J connectivity index is 2.19. The van der Waals surface area contributed by atoms with Crippen molar-refractivity contribution in [1.29, 1.82) is 0 Å². The lowest BCUT2D eigenvalue weighted by Gasteiger charge is -2.21. The maximum absolute atomic E-state index is 5.62. The summed E-state index contributed by atoms with van der Waals surface area (Å²) in [5, 5.41) is 0. The Bertz CT molecular complexity index is 307. The number of ether oxygens (including phenoxy) is 2. The third-order valence-corrected chi connectivity index (χ3v) is 3.07. The Kier molecular flexibility index (Phi) is 3.00. The van der Waals surface area contributed by atoms with E-state index in [9.17, 15) is 0 Å². The van der Waals surface area contributed by atoms with Crippen LogP contribution in [0.1, 0.15) is 13.3 Å². The van der Waals surface area contributed by atoms with E-state index in [0.717, 1.165) is 31.0 Å². The number of hydrogen-bond donors (Lipinski definition) is 0. The predicted molar refractivity (Wildman–Crippen MR) is 59.3 cm³/mol. The molecule has 1 unspecified atom stereocenters. The van der Waals surface area contributed by atoms with E-state index in [1.54, 1.807) is 7.11 Å². The number of likely N-dealkylation sites (tertiary alicyclic amines) is 1. The molecular weight excluding hydrogens is 190 g/mol. The van der Waals surface area contributed by atoms with Crippen LogP contribution >= 0.6 is 0 Å². The number of rotatable bonds is 3. The van der Waals surface area contributed by atoms with Crippen LogP contribution in [0.25, 0.3) is 0 Å². The second kappa shape index (κ2) is 4.27. The van der Waals surface area contributed by atoms with Crippen molar-refractivity contribution in [3.8, 4) is 0 Å². The van der Waals surface area contributed by atoms with Gasteiger partial charge in [0.15, 0.2) is 5.76 Å². The van der Waals surface area contributed by atoms with Gasteiger partial charge in [-0.3, -0.25) is 0 Å². The maximum Gasteiger partial charge on any atom is 0.156 e. The van der Waals surface area contributed by atoms with E-state index in [0.29, 0.717) is 12.5 Å². The molecule has 1 saturated heterocycles. The zero-order valence-corrected chi connectivity index (χ0v) is 9.75. The van der Waals surface area contributed by atoms with Crippen LogP contribution in [0.3, 0.4) is 0 Å². The van der Waals surface area contributed by atoms with Crippen LogP contribution in [0, 0.1) is 5.92 Å². The van der Waals surface area contributed by atoms with Crippen molar-refractivity contribution in [2.75, 3.05) is 33.9 Å². The van der Waals surface area contributed by atoms with E-state index in [1.165, 1.54) is 5.57 Å². The summed E-state index contributed by atoms with van der Waals surface area (Å²) >= 11 is 0. The van der Waals surface area contributed by atoms with E-state index >= 15 is 0 Å². The van der Waals surface area contributed by atoms with Crippen molar-refractivity contribution in [1.82, 2.24) is 4.90 Å². The molecule has 1 aliphatic heterocycles. The Morgan fingerprint density at radius 3 is 3.00 bits per heavy atom. The van der Waals surface area contributed by atoms with E-state index in [4.69, 9.17) is 9.47 Å². The Morgan fingerprint density at radius 2 is 2.33 bits per heavy atom. The van der Waals surface area contributed by atoms with Crippen LogP contribution < -0.4 is 0 Å². The summed E-state index contributed by atoms with van der Waals surface area (Å²) in [6.45, 7) is 4.94. The van der Waals surface area contributed by atoms with Crippen molar-refractivity contribution in [2.24, 2.45) is 5.92 Å². The fourth-order valence-corrected chi connectivity index (χ4v) is 2.41. The zero-order valence-electron chi connectivity index (χ0n) is 9.75. The fraction of sp³-hybridized carbons (Fsp3) is 0.667. The molecular formula is C12H19NO2. The molecule has 0 aromatic rings. The average Bonchev–Trinajstić information content (AvgIpc) is 2.56. The predicted octanol–water partition coefficient (Wildman–Crippen LogP) is 1.77. The van der Waals surface area contributed by atoms with Gasteiger partial charge in [0.25, 0.3) is 0 Å². The first-order valence-electron chi connectivity index (χ1n) is 5.53. The fourth-order valence-electron chi connectivity index (χ4n) is 2.41. The van der Waals surface area contributed by atoms with Gasteiger partial charge in [0, 0.05) is 25.4 Å².